The summed E-state index contributed by atoms with van der Waals surface area (Å²) >= 11 is 0. The lowest BCUT2D eigenvalue weighted by atomic mass is 10.1. The van der Waals surface area contributed by atoms with E-state index in [-0.39, 0.29) is 0 Å². The normalized spacial score (nSPS) is 20.7. The molecule has 92 valence electrons. The molecule has 2 saturated carbocycles. The van der Waals surface area contributed by atoms with Crippen LogP contribution in [0.3, 0.4) is 0 Å². The topological polar surface area (TPSA) is 63.8 Å². The van der Waals surface area contributed by atoms with E-state index < -0.39 is 0 Å². The maximum atomic E-state index is 5.82. The lowest BCUT2D eigenvalue weighted by Gasteiger charge is -2.12. The number of aromatic nitrogens is 2. The van der Waals surface area contributed by atoms with Crippen LogP contribution in [0.2, 0.25) is 0 Å². The lowest BCUT2D eigenvalue weighted by Crippen LogP contribution is -2.13. The molecule has 2 aliphatic carbocycles. The van der Waals surface area contributed by atoms with Crippen molar-refractivity contribution in [1.29, 1.82) is 0 Å². The van der Waals surface area contributed by atoms with Crippen molar-refractivity contribution in [2.75, 3.05) is 17.6 Å². The molecule has 4 nitrogen and oxygen atoms in total. The molecule has 1 aromatic rings. The first-order chi connectivity index (χ1) is 8.31. The van der Waals surface area contributed by atoms with Gasteiger partial charge in [-0.3, -0.25) is 0 Å². The van der Waals surface area contributed by atoms with Crippen molar-refractivity contribution >= 4 is 11.6 Å². The molecular weight excluding hydrogens is 212 g/mol. The Kier molecular flexibility index (Phi) is 2.87. The molecule has 0 atom stereocenters. The molecule has 0 saturated heterocycles. The van der Waals surface area contributed by atoms with Crippen molar-refractivity contribution in [2.45, 2.75) is 44.4 Å². The number of nitrogens with zero attached hydrogens (tertiary/aromatic N) is 2. The van der Waals surface area contributed by atoms with E-state index in [1.807, 2.05) is 6.07 Å². The van der Waals surface area contributed by atoms with Crippen molar-refractivity contribution < 1.29 is 0 Å². The Morgan fingerprint density at radius 2 is 1.94 bits per heavy atom. The summed E-state index contributed by atoms with van der Waals surface area (Å²) < 4.78 is 0. The molecular formula is C13H20N4. The Hall–Kier alpha value is -1.32. The third-order valence-corrected chi connectivity index (χ3v) is 3.75. The zero-order valence-electron chi connectivity index (χ0n) is 10.2. The first kappa shape index (κ1) is 10.8. The van der Waals surface area contributed by atoms with Gasteiger partial charge in [-0.15, -0.1) is 0 Å². The molecule has 0 spiro atoms. The highest BCUT2D eigenvalue weighted by Gasteiger charge is 2.27. The number of nitrogen functional groups attached to an aromatic ring is 1. The molecule has 2 fully saturated rings. The smallest absolute Gasteiger partial charge is 0.136 e. The molecule has 0 radical (unpaired) electrons. The summed E-state index contributed by atoms with van der Waals surface area (Å²) in [6.07, 6.45) is 7.89. The van der Waals surface area contributed by atoms with Gasteiger partial charge in [0, 0.05) is 18.5 Å². The fraction of sp³-hybridized carbons (Fsp3) is 0.692. The molecule has 1 heterocycles. The van der Waals surface area contributed by atoms with Gasteiger partial charge in [-0.2, -0.15) is 0 Å². The Labute approximate surface area is 102 Å². The standard InChI is InChI=1S/C13H20N4/c14-11-7-12(15-8-9-3-1-2-4-9)17-13(16-11)10-5-6-10/h7,9-10H,1-6,8H2,(H3,14,15,16,17). The van der Waals surface area contributed by atoms with Gasteiger partial charge in [0.1, 0.15) is 17.5 Å². The molecule has 3 N–H and O–H groups in total. The monoisotopic (exact) mass is 232 g/mol. The van der Waals surface area contributed by atoms with Gasteiger partial charge < -0.3 is 11.1 Å². The van der Waals surface area contributed by atoms with Crippen LogP contribution in [0.25, 0.3) is 0 Å². The molecule has 1 aromatic heterocycles. The van der Waals surface area contributed by atoms with Gasteiger partial charge in [-0.25, -0.2) is 9.97 Å². The van der Waals surface area contributed by atoms with Gasteiger partial charge in [0.2, 0.25) is 0 Å². The maximum Gasteiger partial charge on any atom is 0.136 e. The third-order valence-electron chi connectivity index (χ3n) is 3.75. The molecule has 2 aliphatic rings. The number of nitrogens with two attached hydrogens (primary N) is 1. The first-order valence-electron chi connectivity index (χ1n) is 6.69. The molecule has 0 amide bonds. The Balaban J connectivity index is 1.64. The van der Waals surface area contributed by atoms with Crippen LogP contribution < -0.4 is 11.1 Å². The molecule has 3 rings (SSSR count). The maximum absolute atomic E-state index is 5.82. The van der Waals surface area contributed by atoms with Crippen molar-refractivity contribution in [3.05, 3.63) is 11.9 Å². The second kappa shape index (κ2) is 4.51. The third kappa shape index (κ3) is 2.68. The van der Waals surface area contributed by atoms with E-state index >= 15 is 0 Å². The average molecular weight is 232 g/mol. The highest BCUT2D eigenvalue weighted by Crippen LogP contribution is 2.38. The van der Waals surface area contributed by atoms with E-state index in [1.54, 1.807) is 0 Å². The molecule has 0 bridgehead atoms. The minimum absolute atomic E-state index is 0.561. The Bertz CT molecular complexity index is 394. The number of anilines is 2. The molecule has 0 aromatic carbocycles. The first-order valence-corrected chi connectivity index (χ1v) is 6.69. The van der Waals surface area contributed by atoms with Crippen LogP contribution in [-0.2, 0) is 0 Å². The zero-order valence-corrected chi connectivity index (χ0v) is 10.2. The van der Waals surface area contributed by atoms with Gasteiger partial charge in [0.05, 0.1) is 0 Å². The minimum Gasteiger partial charge on any atom is -0.384 e. The molecule has 17 heavy (non-hydrogen) atoms. The Morgan fingerprint density at radius 3 is 2.65 bits per heavy atom. The summed E-state index contributed by atoms with van der Waals surface area (Å²) in [5, 5.41) is 3.42. The lowest BCUT2D eigenvalue weighted by molar-refractivity contribution is 0.578. The summed E-state index contributed by atoms with van der Waals surface area (Å²) in [6, 6.07) is 1.85. The quantitative estimate of drug-likeness (QED) is 0.837. The number of rotatable bonds is 4. The second-order valence-electron chi connectivity index (χ2n) is 5.34. The van der Waals surface area contributed by atoms with Gasteiger partial charge in [-0.1, -0.05) is 12.8 Å². The van der Waals surface area contributed by atoms with Gasteiger partial charge >= 0.3 is 0 Å². The predicted octanol–water partition coefficient (Wildman–Crippen LogP) is 2.54. The van der Waals surface area contributed by atoms with E-state index in [1.165, 1.54) is 38.5 Å². The van der Waals surface area contributed by atoms with Crippen molar-refractivity contribution in [3.63, 3.8) is 0 Å². The van der Waals surface area contributed by atoms with E-state index in [2.05, 4.69) is 15.3 Å². The van der Waals surface area contributed by atoms with E-state index in [0.717, 1.165) is 24.1 Å². The molecule has 4 heteroatoms. The van der Waals surface area contributed by atoms with E-state index in [4.69, 9.17) is 5.73 Å². The highest BCUT2D eigenvalue weighted by atomic mass is 15.1. The Morgan fingerprint density at radius 1 is 1.18 bits per heavy atom. The van der Waals surface area contributed by atoms with Crippen LogP contribution in [0.4, 0.5) is 11.6 Å². The average Bonchev–Trinajstić information content (AvgIpc) is 3.04. The summed E-state index contributed by atoms with van der Waals surface area (Å²) in [4.78, 5) is 8.86. The summed E-state index contributed by atoms with van der Waals surface area (Å²) in [5.41, 5.74) is 5.82. The van der Waals surface area contributed by atoms with Crippen LogP contribution in [0.5, 0.6) is 0 Å². The summed E-state index contributed by atoms with van der Waals surface area (Å²) in [7, 11) is 0. The van der Waals surface area contributed by atoms with Crippen molar-refractivity contribution in [1.82, 2.24) is 9.97 Å². The molecule has 0 aliphatic heterocycles. The zero-order chi connectivity index (χ0) is 11.7. The van der Waals surface area contributed by atoms with Crippen LogP contribution in [0.15, 0.2) is 6.07 Å². The largest absolute Gasteiger partial charge is 0.384 e. The fourth-order valence-electron chi connectivity index (χ4n) is 2.56. The number of nitrogens with one attached hydrogen (secondary N) is 1. The van der Waals surface area contributed by atoms with Crippen LogP contribution in [-0.4, -0.2) is 16.5 Å². The van der Waals surface area contributed by atoms with Crippen molar-refractivity contribution in [2.24, 2.45) is 5.92 Å². The SMILES string of the molecule is Nc1cc(NCC2CCCC2)nc(C2CC2)n1. The van der Waals surface area contributed by atoms with Crippen LogP contribution >= 0.6 is 0 Å². The number of hydrogen-bond acceptors (Lipinski definition) is 4. The minimum atomic E-state index is 0.561. The summed E-state index contributed by atoms with van der Waals surface area (Å²) in [5.74, 6) is 3.81. The van der Waals surface area contributed by atoms with Crippen LogP contribution in [0, 0.1) is 5.92 Å². The van der Waals surface area contributed by atoms with Crippen LogP contribution in [0.1, 0.15) is 50.3 Å². The predicted molar refractivity (Wildman–Crippen MR) is 68.9 cm³/mol. The van der Waals surface area contributed by atoms with Crippen molar-refractivity contribution in [3.8, 4) is 0 Å². The van der Waals surface area contributed by atoms with E-state index in [0.29, 0.717) is 11.7 Å². The molecule has 0 unspecified atom stereocenters. The van der Waals surface area contributed by atoms with Gasteiger partial charge in [0.25, 0.3) is 0 Å². The number of hydrogen-bond donors (Lipinski definition) is 2. The fourth-order valence-corrected chi connectivity index (χ4v) is 2.56. The summed E-state index contributed by atoms with van der Waals surface area (Å²) in [6.45, 7) is 1.03. The van der Waals surface area contributed by atoms with Gasteiger partial charge in [0.15, 0.2) is 0 Å². The second-order valence-corrected chi connectivity index (χ2v) is 5.34. The van der Waals surface area contributed by atoms with E-state index in [9.17, 15) is 0 Å². The van der Waals surface area contributed by atoms with Gasteiger partial charge in [-0.05, 0) is 31.6 Å². The highest BCUT2D eigenvalue weighted by molar-refractivity contribution is 5.45.